The van der Waals surface area contributed by atoms with E-state index in [1.807, 2.05) is 0 Å². The Labute approximate surface area is 95.3 Å². The number of halogens is 2. The van der Waals surface area contributed by atoms with Crippen LogP contribution in [0, 0.1) is 0 Å². The van der Waals surface area contributed by atoms with Gasteiger partial charge in [0.15, 0.2) is 0 Å². The lowest BCUT2D eigenvalue weighted by atomic mass is 10.2. The third kappa shape index (κ3) is 2.39. The van der Waals surface area contributed by atoms with Crippen molar-refractivity contribution < 1.29 is 9.53 Å². The number of carbonyl (C=O) groups excluding carboxylic acids is 1. The first-order valence-corrected chi connectivity index (χ1v) is 5.15. The predicted molar refractivity (Wildman–Crippen MR) is 59.5 cm³/mol. The molecule has 0 unspecified atom stereocenters. The molecule has 0 spiro atoms. The summed E-state index contributed by atoms with van der Waals surface area (Å²) in [6.45, 7) is 2.07. The van der Waals surface area contributed by atoms with Crippen molar-refractivity contribution in [2.75, 3.05) is 12.3 Å². The summed E-state index contributed by atoms with van der Waals surface area (Å²) in [5.41, 5.74) is 6.31. The van der Waals surface area contributed by atoms with Crippen LogP contribution in [0.2, 0.25) is 5.02 Å². The Balaban J connectivity index is 3.09. The average Bonchev–Trinajstić information content (AvgIpc) is 2.11. The highest BCUT2D eigenvalue weighted by atomic mass is 79.9. The van der Waals surface area contributed by atoms with E-state index in [4.69, 9.17) is 22.1 Å². The van der Waals surface area contributed by atoms with Crippen LogP contribution in [0.3, 0.4) is 0 Å². The number of hydrogen-bond acceptors (Lipinski definition) is 3. The van der Waals surface area contributed by atoms with Crippen LogP contribution in [0.1, 0.15) is 17.3 Å². The fourth-order valence-corrected chi connectivity index (χ4v) is 1.73. The smallest absolute Gasteiger partial charge is 0.339 e. The van der Waals surface area contributed by atoms with Gasteiger partial charge in [-0.1, -0.05) is 11.6 Å². The van der Waals surface area contributed by atoms with E-state index in [2.05, 4.69) is 15.9 Å². The lowest BCUT2D eigenvalue weighted by Crippen LogP contribution is -2.06. The van der Waals surface area contributed by atoms with Crippen molar-refractivity contribution in [2.45, 2.75) is 6.92 Å². The molecule has 0 atom stereocenters. The molecule has 5 heteroatoms. The quantitative estimate of drug-likeness (QED) is 0.668. The van der Waals surface area contributed by atoms with Crippen molar-refractivity contribution in [1.29, 1.82) is 0 Å². The second-order valence-corrected chi connectivity index (χ2v) is 3.84. The van der Waals surface area contributed by atoms with Crippen molar-refractivity contribution in [1.82, 2.24) is 0 Å². The second kappa shape index (κ2) is 4.66. The fourth-order valence-electron chi connectivity index (χ4n) is 0.931. The molecule has 1 rings (SSSR count). The number of nitrogen functional groups attached to an aromatic ring is 1. The normalized spacial score (nSPS) is 9.93. The molecule has 0 aliphatic heterocycles. The number of ether oxygens (including phenoxy) is 1. The summed E-state index contributed by atoms with van der Waals surface area (Å²) >= 11 is 8.97. The number of rotatable bonds is 2. The van der Waals surface area contributed by atoms with Gasteiger partial charge in [0.25, 0.3) is 0 Å². The molecule has 2 N–H and O–H groups in total. The summed E-state index contributed by atoms with van der Waals surface area (Å²) in [4.78, 5) is 11.4. The molecular weight excluding hydrogens is 269 g/mol. The Morgan fingerprint density at radius 3 is 2.86 bits per heavy atom. The molecule has 1 aromatic rings. The first-order valence-electron chi connectivity index (χ1n) is 3.98. The number of esters is 1. The van der Waals surface area contributed by atoms with Crippen LogP contribution in [0.25, 0.3) is 0 Å². The summed E-state index contributed by atoms with van der Waals surface area (Å²) in [6, 6.07) is 3.06. The van der Waals surface area contributed by atoms with Gasteiger partial charge in [-0.05, 0) is 35.0 Å². The van der Waals surface area contributed by atoms with Crippen LogP contribution in [0.15, 0.2) is 16.6 Å². The van der Waals surface area contributed by atoms with E-state index in [0.29, 0.717) is 27.4 Å². The molecule has 0 aliphatic rings. The summed E-state index contributed by atoms with van der Waals surface area (Å²) in [6.07, 6.45) is 0. The Bertz CT molecular complexity index is 368. The molecule has 0 fully saturated rings. The highest BCUT2D eigenvalue weighted by molar-refractivity contribution is 9.10. The Morgan fingerprint density at radius 2 is 2.29 bits per heavy atom. The monoisotopic (exact) mass is 277 g/mol. The van der Waals surface area contributed by atoms with Crippen LogP contribution in [-0.2, 0) is 4.74 Å². The van der Waals surface area contributed by atoms with Crippen LogP contribution in [0.4, 0.5) is 5.69 Å². The van der Waals surface area contributed by atoms with Gasteiger partial charge >= 0.3 is 5.97 Å². The van der Waals surface area contributed by atoms with E-state index >= 15 is 0 Å². The zero-order chi connectivity index (χ0) is 10.7. The molecule has 0 saturated carbocycles. The largest absolute Gasteiger partial charge is 0.462 e. The number of benzene rings is 1. The second-order valence-electron chi connectivity index (χ2n) is 2.57. The van der Waals surface area contributed by atoms with Gasteiger partial charge in [0.05, 0.1) is 22.9 Å². The van der Waals surface area contributed by atoms with Gasteiger partial charge < -0.3 is 10.5 Å². The van der Waals surface area contributed by atoms with Gasteiger partial charge in [0.1, 0.15) is 0 Å². The zero-order valence-electron chi connectivity index (χ0n) is 7.51. The summed E-state index contributed by atoms with van der Waals surface area (Å²) < 4.78 is 5.41. The van der Waals surface area contributed by atoms with Crippen LogP contribution < -0.4 is 5.73 Å². The first kappa shape index (κ1) is 11.3. The van der Waals surface area contributed by atoms with Gasteiger partial charge in [-0.3, -0.25) is 0 Å². The van der Waals surface area contributed by atoms with E-state index in [9.17, 15) is 4.79 Å². The van der Waals surface area contributed by atoms with Crippen molar-refractivity contribution in [3.8, 4) is 0 Å². The van der Waals surface area contributed by atoms with Crippen molar-refractivity contribution in [2.24, 2.45) is 0 Å². The van der Waals surface area contributed by atoms with Gasteiger partial charge in [-0.25, -0.2) is 4.79 Å². The standard InChI is InChI=1S/C9H9BrClNO2/c1-2-14-9(13)5-3-8(12)7(11)4-6(5)10/h3-4H,2,12H2,1H3. The number of hydrogen-bond donors (Lipinski definition) is 1. The third-order valence-electron chi connectivity index (χ3n) is 1.58. The summed E-state index contributed by atoms with van der Waals surface area (Å²) in [5, 5.41) is 0.407. The van der Waals surface area contributed by atoms with Crippen molar-refractivity contribution in [3.05, 3.63) is 27.2 Å². The molecule has 14 heavy (non-hydrogen) atoms. The minimum atomic E-state index is -0.414. The molecule has 0 aromatic heterocycles. The average molecular weight is 279 g/mol. The molecule has 0 aliphatic carbocycles. The zero-order valence-corrected chi connectivity index (χ0v) is 9.85. The Morgan fingerprint density at radius 1 is 1.64 bits per heavy atom. The molecule has 0 saturated heterocycles. The molecular formula is C9H9BrClNO2. The van der Waals surface area contributed by atoms with Crippen LogP contribution in [0.5, 0.6) is 0 Å². The first-order chi connectivity index (χ1) is 6.56. The minimum Gasteiger partial charge on any atom is -0.462 e. The van der Waals surface area contributed by atoms with Crippen LogP contribution >= 0.6 is 27.5 Å². The molecule has 0 radical (unpaired) electrons. The maximum absolute atomic E-state index is 11.4. The molecule has 0 amide bonds. The van der Waals surface area contributed by atoms with E-state index in [-0.39, 0.29) is 0 Å². The highest BCUT2D eigenvalue weighted by Crippen LogP contribution is 2.27. The van der Waals surface area contributed by atoms with Gasteiger partial charge in [0.2, 0.25) is 0 Å². The topological polar surface area (TPSA) is 52.3 Å². The molecule has 1 aromatic carbocycles. The molecule has 76 valence electrons. The van der Waals surface area contributed by atoms with Crippen LogP contribution in [-0.4, -0.2) is 12.6 Å². The van der Waals surface area contributed by atoms with E-state index in [1.54, 1.807) is 13.0 Å². The maximum Gasteiger partial charge on any atom is 0.339 e. The minimum absolute atomic E-state index is 0.327. The van der Waals surface area contributed by atoms with Crippen molar-refractivity contribution in [3.63, 3.8) is 0 Å². The SMILES string of the molecule is CCOC(=O)c1cc(N)c(Cl)cc1Br. The maximum atomic E-state index is 11.4. The number of carbonyl (C=O) groups is 1. The Hall–Kier alpha value is -0.740. The molecule has 3 nitrogen and oxygen atoms in total. The lowest BCUT2D eigenvalue weighted by molar-refractivity contribution is 0.0525. The highest BCUT2D eigenvalue weighted by Gasteiger charge is 2.13. The van der Waals surface area contributed by atoms with E-state index in [0.717, 1.165) is 0 Å². The predicted octanol–water partition coefficient (Wildman–Crippen LogP) is 2.86. The van der Waals surface area contributed by atoms with E-state index in [1.165, 1.54) is 6.07 Å². The molecule has 0 bridgehead atoms. The fraction of sp³-hybridized carbons (Fsp3) is 0.222. The third-order valence-corrected chi connectivity index (χ3v) is 2.57. The number of nitrogens with two attached hydrogens (primary N) is 1. The van der Waals surface area contributed by atoms with Gasteiger partial charge in [-0.2, -0.15) is 0 Å². The lowest BCUT2D eigenvalue weighted by Gasteiger charge is -2.06. The summed E-state index contributed by atoms with van der Waals surface area (Å²) in [7, 11) is 0. The van der Waals surface area contributed by atoms with E-state index < -0.39 is 5.97 Å². The molecule has 0 heterocycles. The van der Waals surface area contributed by atoms with Gasteiger partial charge in [0, 0.05) is 4.47 Å². The number of anilines is 1. The Kier molecular flexibility index (Phi) is 3.77. The van der Waals surface area contributed by atoms with Crippen molar-refractivity contribution >= 4 is 39.2 Å². The summed E-state index contributed by atoms with van der Waals surface area (Å²) in [5.74, 6) is -0.414. The van der Waals surface area contributed by atoms with Gasteiger partial charge in [-0.15, -0.1) is 0 Å².